The molecule has 0 spiro atoms. The number of benzene rings is 1. The summed E-state index contributed by atoms with van der Waals surface area (Å²) in [6, 6.07) is 5.64. The number of hydrogen-bond acceptors (Lipinski definition) is 3. The highest BCUT2D eigenvalue weighted by Gasteiger charge is 2.24. The maximum Gasteiger partial charge on any atom is 0.295 e. The summed E-state index contributed by atoms with van der Waals surface area (Å²) in [5.74, 6) is -0.763. The Morgan fingerprint density at radius 2 is 1.95 bits per heavy atom. The van der Waals surface area contributed by atoms with E-state index >= 15 is 0 Å². The number of rotatable bonds is 2. The highest BCUT2D eigenvalue weighted by Crippen LogP contribution is 2.13. The van der Waals surface area contributed by atoms with Crippen LogP contribution in [0.1, 0.15) is 27.9 Å². The second-order valence-corrected chi connectivity index (χ2v) is 5.04. The molecular weight excluding hydrogens is 240 g/mol. The van der Waals surface area contributed by atoms with Crippen molar-refractivity contribution in [2.45, 2.75) is 20.3 Å². The molecule has 1 saturated heterocycles. The van der Waals surface area contributed by atoms with Gasteiger partial charge in [-0.15, -0.1) is 0 Å². The van der Waals surface area contributed by atoms with E-state index in [0.29, 0.717) is 18.7 Å². The van der Waals surface area contributed by atoms with Gasteiger partial charge < -0.3 is 10.2 Å². The second kappa shape index (κ2) is 5.97. The largest absolute Gasteiger partial charge is 0.334 e. The Morgan fingerprint density at radius 1 is 1.16 bits per heavy atom. The van der Waals surface area contributed by atoms with Crippen LogP contribution in [0.15, 0.2) is 18.2 Å². The molecule has 1 aromatic rings. The van der Waals surface area contributed by atoms with Gasteiger partial charge in [0.1, 0.15) is 0 Å². The summed E-state index contributed by atoms with van der Waals surface area (Å²) in [5, 5.41) is 3.23. The number of nitrogens with one attached hydrogen (secondary N) is 1. The van der Waals surface area contributed by atoms with Crippen LogP contribution in [0.5, 0.6) is 0 Å². The smallest absolute Gasteiger partial charge is 0.295 e. The fourth-order valence-corrected chi connectivity index (χ4v) is 2.29. The van der Waals surface area contributed by atoms with Crippen molar-refractivity contribution in [2.75, 3.05) is 26.2 Å². The first-order valence-electron chi connectivity index (χ1n) is 6.71. The number of hydrogen-bond donors (Lipinski definition) is 1. The third-order valence-electron chi connectivity index (χ3n) is 3.46. The highest BCUT2D eigenvalue weighted by molar-refractivity contribution is 6.43. The molecule has 1 N–H and O–H groups in total. The summed E-state index contributed by atoms with van der Waals surface area (Å²) >= 11 is 0. The lowest BCUT2D eigenvalue weighted by molar-refractivity contribution is -0.126. The van der Waals surface area contributed by atoms with Gasteiger partial charge in [0.25, 0.3) is 11.7 Å². The number of carbonyl (C=O) groups excluding carboxylic acids is 2. The fraction of sp³-hybridized carbons (Fsp3) is 0.467. The Kier molecular flexibility index (Phi) is 4.32. The van der Waals surface area contributed by atoms with Crippen LogP contribution in [-0.2, 0) is 4.79 Å². The number of Topliss-reactive ketones (excluding diaryl/α,β-unsaturated/α-hetero) is 1. The van der Waals surface area contributed by atoms with Crippen LogP contribution < -0.4 is 5.32 Å². The highest BCUT2D eigenvalue weighted by atomic mass is 16.2. The predicted octanol–water partition coefficient (Wildman–Crippen LogP) is 1.31. The van der Waals surface area contributed by atoms with Gasteiger partial charge in [0, 0.05) is 25.2 Å². The summed E-state index contributed by atoms with van der Waals surface area (Å²) in [6.07, 6.45) is 0.895. The minimum absolute atomic E-state index is 0.377. The number of ketones is 1. The molecule has 4 heteroatoms. The van der Waals surface area contributed by atoms with Crippen LogP contribution in [0.3, 0.4) is 0 Å². The van der Waals surface area contributed by atoms with Gasteiger partial charge in [0.15, 0.2) is 0 Å². The molecule has 0 radical (unpaired) electrons. The maximum atomic E-state index is 12.3. The van der Waals surface area contributed by atoms with Gasteiger partial charge in [0.05, 0.1) is 0 Å². The predicted molar refractivity (Wildman–Crippen MR) is 74.3 cm³/mol. The molecular formula is C15H20N2O2. The van der Waals surface area contributed by atoms with Gasteiger partial charge in [-0.25, -0.2) is 0 Å². The van der Waals surface area contributed by atoms with Crippen LogP contribution in [0.4, 0.5) is 0 Å². The molecule has 1 aliphatic heterocycles. The quantitative estimate of drug-likeness (QED) is 0.644. The maximum absolute atomic E-state index is 12.3. The number of aryl methyl sites for hydroxylation is 2. The van der Waals surface area contributed by atoms with Crippen LogP contribution in [-0.4, -0.2) is 42.8 Å². The lowest BCUT2D eigenvalue weighted by Crippen LogP contribution is -2.39. The summed E-state index contributed by atoms with van der Waals surface area (Å²) < 4.78 is 0. The van der Waals surface area contributed by atoms with Gasteiger partial charge >= 0.3 is 0 Å². The lowest BCUT2D eigenvalue weighted by atomic mass is 10.0. The minimum atomic E-state index is -0.386. The third-order valence-corrected chi connectivity index (χ3v) is 3.46. The molecule has 1 aromatic carbocycles. The first-order chi connectivity index (χ1) is 9.09. The topological polar surface area (TPSA) is 49.4 Å². The van der Waals surface area contributed by atoms with Crippen LogP contribution in [0.2, 0.25) is 0 Å². The molecule has 0 aliphatic carbocycles. The first-order valence-corrected chi connectivity index (χ1v) is 6.71. The van der Waals surface area contributed by atoms with E-state index in [9.17, 15) is 9.59 Å². The lowest BCUT2D eigenvalue weighted by Gasteiger charge is -2.19. The average Bonchev–Trinajstić information content (AvgIpc) is 2.69. The molecule has 1 fully saturated rings. The van der Waals surface area contributed by atoms with Crippen molar-refractivity contribution in [2.24, 2.45) is 0 Å². The fourth-order valence-electron chi connectivity index (χ4n) is 2.29. The summed E-state index contributed by atoms with van der Waals surface area (Å²) in [6.45, 7) is 6.71. The van der Waals surface area contributed by atoms with Gasteiger partial charge in [0.2, 0.25) is 0 Å². The normalized spacial score (nSPS) is 16.0. The van der Waals surface area contributed by atoms with E-state index in [1.54, 1.807) is 11.0 Å². The number of carbonyl (C=O) groups is 2. The van der Waals surface area contributed by atoms with E-state index in [1.807, 2.05) is 26.0 Å². The van der Waals surface area contributed by atoms with Crippen LogP contribution in [0.25, 0.3) is 0 Å². The molecule has 1 amide bonds. The average molecular weight is 260 g/mol. The molecule has 1 aliphatic rings. The molecule has 0 aromatic heterocycles. The molecule has 0 unspecified atom stereocenters. The number of amides is 1. The summed E-state index contributed by atoms with van der Waals surface area (Å²) in [4.78, 5) is 26.2. The Balaban J connectivity index is 2.18. The summed E-state index contributed by atoms with van der Waals surface area (Å²) in [5.41, 5.74) is 2.39. The molecule has 0 saturated carbocycles. The zero-order chi connectivity index (χ0) is 13.8. The first kappa shape index (κ1) is 13.7. The number of nitrogens with zero attached hydrogens (tertiary/aromatic N) is 1. The Hall–Kier alpha value is -1.68. The van der Waals surface area contributed by atoms with E-state index in [2.05, 4.69) is 5.32 Å². The van der Waals surface area contributed by atoms with E-state index in [-0.39, 0.29) is 11.7 Å². The SMILES string of the molecule is Cc1ccc(C)c(C(=O)C(=O)N2CCCNCC2)c1. The molecule has 1 heterocycles. The van der Waals surface area contributed by atoms with E-state index in [0.717, 1.165) is 30.6 Å². The zero-order valence-electron chi connectivity index (χ0n) is 11.5. The van der Waals surface area contributed by atoms with Crippen molar-refractivity contribution in [1.29, 1.82) is 0 Å². The van der Waals surface area contributed by atoms with Gasteiger partial charge in [-0.05, 0) is 38.4 Å². The molecule has 0 bridgehead atoms. The molecule has 19 heavy (non-hydrogen) atoms. The van der Waals surface area contributed by atoms with Crippen molar-refractivity contribution >= 4 is 11.7 Å². The molecule has 0 atom stereocenters. The van der Waals surface area contributed by atoms with Crippen molar-refractivity contribution in [3.63, 3.8) is 0 Å². The standard InChI is InChI=1S/C15H20N2O2/c1-11-4-5-12(2)13(10-11)14(18)15(19)17-8-3-6-16-7-9-17/h4-5,10,16H,3,6-9H2,1-2H3. The Labute approximate surface area is 113 Å². The van der Waals surface area contributed by atoms with Gasteiger partial charge in [-0.1, -0.05) is 17.7 Å². The molecule has 2 rings (SSSR count). The van der Waals surface area contributed by atoms with Crippen LogP contribution >= 0.6 is 0 Å². The minimum Gasteiger partial charge on any atom is -0.334 e. The van der Waals surface area contributed by atoms with Crippen molar-refractivity contribution in [3.8, 4) is 0 Å². The van der Waals surface area contributed by atoms with E-state index < -0.39 is 0 Å². The van der Waals surface area contributed by atoms with Crippen LogP contribution in [0, 0.1) is 13.8 Å². The summed E-state index contributed by atoms with van der Waals surface area (Å²) in [7, 11) is 0. The van der Waals surface area contributed by atoms with Gasteiger partial charge in [-0.2, -0.15) is 0 Å². The van der Waals surface area contributed by atoms with Gasteiger partial charge in [-0.3, -0.25) is 9.59 Å². The second-order valence-electron chi connectivity index (χ2n) is 5.04. The molecule has 4 nitrogen and oxygen atoms in total. The Morgan fingerprint density at radius 3 is 2.74 bits per heavy atom. The van der Waals surface area contributed by atoms with E-state index in [1.165, 1.54) is 0 Å². The molecule has 102 valence electrons. The Bertz CT molecular complexity index is 489. The van der Waals surface area contributed by atoms with Crippen molar-refractivity contribution in [1.82, 2.24) is 10.2 Å². The van der Waals surface area contributed by atoms with E-state index in [4.69, 9.17) is 0 Å². The van der Waals surface area contributed by atoms with Crippen molar-refractivity contribution in [3.05, 3.63) is 34.9 Å². The monoisotopic (exact) mass is 260 g/mol. The zero-order valence-corrected chi connectivity index (χ0v) is 11.5. The van der Waals surface area contributed by atoms with Crippen molar-refractivity contribution < 1.29 is 9.59 Å². The third kappa shape index (κ3) is 3.20.